The summed E-state index contributed by atoms with van der Waals surface area (Å²) in [6.07, 6.45) is 0. The first-order valence-corrected chi connectivity index (χ1v) is 2.77. The molecule has 0 aliphatic rings. The van der Waals surface area contributed by atoms with Crippen LogP contribution < -0.4 is 0 Å². The number of carbonyl (C=O) groups excluding carboxylic acids is 2. The Hall–Kier alpha value is -0.480. The molecule has 0 aromatic heterocycles. The van der Waals surface area contributed by atoms with Gasteiger partial charge in [0.25, 0.3) is 0 Å². The maximum atomic E-state index is 9.36. The molecule has 0 heterocycles. The van der Waals surface area contributed by atoms with Gasteiger partial charge in [0.2, 0.25) is 0 Å². The molecule has 0 aromatic carbocycles. The van der Waals surface area contributed by atoms with Crippen LogP contribution in [0.15, 0.2) is 0 Å². The monoisotopic (exact) mass is 188 g/mol. The van der Waals surface area contributed by atoms with Gasteiger partial charge in [-0.3, -0.25) is 0 Å². The molecule has 60 valence electrons. The van der Waals surface area contributed by atoms with E-state index in [0.29, 0.717) is 0 Å². The van der Waals surface area contributed by atoms with Gasteiger partial charge in [-0.1, -0.05) is 0 Å². The van der Waals surface area contributed by atoms with E-state index in [2.05, 4.69) is 32.7 Å². The zero-order valence-electron chi connectivity index (χ0n) is 5.39. The Bertz CT molecular complexity index is 99.8. The van der Waals surface area contributed by atoms with Crippen molar-refractivity contribution in [3.05, 3.63) is 0 Å². The summed E-state index contributed by atoms with van der Waals surface area (Å²) in [5.41, 5.74) is -1.55. The van der Waals surface area contributed by atoms with Crippen LogP contribution in [0.1, 0.15) is 0 Å². The number of carbonyl (C=O) groups is 2. The average molecular weight is 189 g/mol. The molecule has 0 aliphatic heterocycles. The fourth-order valence-corrected chi connectivity index (χ4v) is 0. The van der Waals surface area contributed by atoms with Gasteiger partial charge < -0.3 is 9.47 Å². The van der Waals surface area contributed by atoms with E-state index in [4.69, 9.17) is 0 Å². The lowest BCUT2D eigenvalue weighted by molar-refractivity contribution is 0.198. The van der Waals surface area contributed by atoms with Crippen LogP contribution in [0.5, 0.6) is 0 Å². The molecule has 0 fully saturated rings. The van der Waals surface area contributed by atoms with Crippen molar-refractivity contribution in [3.63, 3.8) is 0 Å². The highest BCUT2D eigenvalue weighted by Crippen LogP contribution is 1.78. The second kappa shape index (κ2) is 8.52. The van der Waals surface area contributed by atoms with Crippen LogP contribution in [0.25, 0.3) is 0 Å². The van der Waals surface area contributed by atoms with Gasteiger partial charge in [-0.15, -0.1) is 0 Å². The van der Waals surface area contributed by atoms with E-state index >= 15 is 0 Å². The molecule has 0 saturated heterocycles. The molecule has 0 rings (SSSR count). The summed E-state index contributed by atoms with van der Waals surface area (Å²) in [5, 5.41) is 0. The first-order valence-electron chi connectivity index (χ1n) is 2.01. The zero-order valence-corrected chi connectivity index (χ0v) is 6.90. The second-order valence-corrected chi connectivity index (χ2v) is 1.50. The maximum absolute atomic E-state index is 9.36. The van der Waals surface area contributed by atoms with Crippen molar-refractivity contribution >= 4 is 34.1 Å². The van der Waals surface area contributed by atoms with Crippen LogP contribution >= 0.6 is 23.2 Å². The number of hydrogen-bond donors (Lipinski definition) is 0. The van der Waals surface area contributed by atoms with Crippen LogP contribution in [0.2, 0.25) is 0 Å². The minimum Gasteiger partial charge on any atom is -0.457 e. The van der Waals surface area contributed by atoms with E-state index in [1.165, 1.54) is 14.2 Å². The molecule has 0 saturated carbocycles. The van der Waals surface area contributed by atoms with Crippen molar-refractivity contribution in [2.75, 3.05) is 14.2 Å². The van der Waals surface area contributed by atoms with Gasteiger partial charge in [-0.2, -0.15) is 0 Å². The highest BCUT2D eigenvalue weighted by atomic mass is 35.5. The first kappa shape index (κ1) is 12.2. The van der Waals surface area contributed by atoms with Crippen molar-refractivity contribution in [2.24, 2.45) is 0 Å². The summed E-state index contributed by atoms with van der Waals surface area (Å²) in [7, 11) is 2.44. The Labute approximate surface area is 68.0 Å². The smallest absolute Gasteiger partial charge is 0.403 e. The first-order chi connectivity index (χ1) is 4.54. The summed E-state index contributed by atoms with van der Waals surface area (Å²) in [4.78, 5) is 18.7. The van der Waals surface area contributed by atoms with Gasteiger partial charge in [-0.05, 0) is 0 Å². The van der Waals surface area contributed by atoms with Crippen molar-refractivity contribution in [1.29, 1.82) is 0 Å². The molecular weight excluding hydrogens is 183 g/mol. The number of rotatable bonds is 0. The molecular formula is C4H6Cl2O4. The predicted molar refractivity (Wildman–Crippen MR) is 36.5 cm³/mol. The Morgan fingerprint density at radius 3 is 1.10 bits per heavy atom. The third-order valence-corrected chi connectivity index (χ3v) is 0.630. The van der Waals surface area contributed by atoms with E-state index in [1.807, 2.05) is 0 Å². The van der Waals surface area contributed by atoms with Gasteiger partial charge >= 0.3 is 10.9 Å². The van der Waals surface area contributed by atoms with Gasteiger partial charge in [0, 0.05) is 23.2 Å². The van der Waals surface area contributed by atoms with Crippen LogP contribution in [-0.4, -0.2) is 25.1 Å². The fourth-order valence-electron chi connectivity index (χ4n) is 0. The summed E-state index contributed by atoms with van der Waals surface area (Å²) in [6.45, 7) is 0. The second-order valence-electron chi connectivity index (χ2n) is 0.884. The van der Waals surface area contributed by atoms with Crippen molar-refractivity contribution in [2.45, 2.75) is 0 Å². The number of ether oxygens (including phenoxy) is 2. The van der Waals surface area contributed by atoms with Crippen LogP contribution in [0.3, 0.4) is 0 Å². The van der Waals surface area contributed by atoms with Crippen molar-refractivity contribution in [1.82, 2.24) is 0 Å². The van der Waals surface area contributed by atoms with Crippen LogP contribution in [-0.2, 0) is 9.47 Å². The topological polar surface area (TPSA) is 52.6 Å². The summed E-state index contributed by atoms with van der Waals surface area (Å²) in [6, 6.07) is 0. The van der Waals surface area contributed by atoms with Gasteiger partial charge in [0.15, 0.2) is 0 Å². The van der Waals surface area contributed by atoms with Gasteiger partial charge in [0.1, 0.15) is 0 Å². The number of hydrogen-bond acceptors (Lipinski definition) is 4. The van der Waals surface area contributed by atoms with Gasteiger partial charge in [-0.25, -0.2) is 9.59 Å². The van der Waals surface area contributed by atoms with Crippen molar-refractivity contribution < 1.29 is 19.1 Å². The molecule has 0 unspecified atom stereocenters. The van der Waals surface area contributed by atoms with E-state index < -0.39 is 10.9 Å². The molecule has 0 spiro atoms. The molecule has 4 nitrogen and oxygen atoms in total. The van der Waals surface area contributed by atoms with E-state index in [1.54, 1.807) is 0 Å². The highest BCUT2D eigenvalue weighted by Gasteiger charge is 1.81. The third kappa shape index (κ3) is 25.8. The summed E-state index contributed by atoms with van der Waals surface area (Å²) >= 11 is 9.20. The maximum Gasteiger partial charge on any atom is 0.403 e. The summed E-state index contributed by atoms with van der Waals surface area (Å²) in [5.74, 6) is 0. The SMILES string of the molecule is COC(=O)Cl.COC(=O)Cl. The predicted octanol–water partition coefficient (Wildman–Crippen LogP) is 1.98. The van der Waals surface area contributed by atoms with E-state index in [-0.39, 0.29) is 0 Å². The Kier molecular flexibility index (Phi) is 10.4. The lowest BCUT2D eigenvalue weighted by Crippen LogP contribution is -1.80. The number of halogens is 2. The van der Waals surface area contributed by atoms with Crippen molar-refractivity contribution in [3.8, 4) is 0 Å². The van der Waals surface area contributed by atoms with Gasteiger partial charge in [0.05, 0.1) is 14.2 Å². The molecule has 0 bridgehead atoms. The minimum atomic E-state index is -0.773. The molecule has 0 aromatic rings. The quantitative estimate of drug-likeness (QED) is 0.546. The normalized spacial score (nSPS) is 6.80. The molecule has 0 radical (unpaired) electrons. The molecule has 0 atom stereocenters. The standard InChI is InChI=1S/2C2H3ClO2/c2*1-5-2(3)4/h2*1H3. The van der Waals surface area contributed by atoms with E-state index in [0.717, 1.165) is 0 Å². The third-order valence-electron chi connectivity index (χ3n) is 0.321. The fraction of sp³-hybridized carbons (Fsp3) is 0.500. The van der Waals surface area contributed by atoms with Crippen LogP contribution in [0.4, 0.5) is 9.59 Å². The lowest BCUT2D eigenvalue weighted by Gasteiger charge is -1.77. The molecule has 0 amide bonds. The highest BCUT2D eigenvalue weighted by molar-refractivity contribution is 6.61. The molecule has 0 aliphatic carbocycles. The summed E-state index contributed by atoms with van der Waals surface area (Å²) < 4.78 is 7.75. The minimum absolute atomic E-state index is 0.773. The largest absolute Gasteiger partial charge is 0.457 e. The zero-order chi connectivity index (χ0) is 8.57. The Morgan fingerprint density at radius 1 is 1.00 bits per heavy atom. The number of methoxy groups -OCH3 is 2. The lowest BCUT2D eigenvalue weighted by atomic mass is 11.5. The Morgan fingerprint density at radius 2 is 1.10 bits per heavy atom. The molecule has 6 heteroatoms. The molecule has 10 heavy (non-hydrogen) atoms. The van der Waals surface area contributed by atoms with E-state index in [9.17, 15) is 9.59 Å². The molecule has 0 N–H and O–H groups in total. The van der Waals surface area contributed by atoms with Crippen LogP contribution in [0, 0.1) is 0 Å². The average Bonchev–Trinajstić information content (AvgIpc) is 1.89. The Balaban J connectivity index is 0.